The van der Waals surface area contributed by atoms with Crippen LogP contribution in [0.2, 0.25) is 0 Å². The van der Waals surface area contributed by atoms with Crippen molar-refractivity contribution in [3.63, 3.8) is 0 Å². The summed E-state index contributed by atoms with van der Waals surface area (Å²) in [6.45, 7) is 2.28. The van der Waals surface area contributed by atoms with Gasteiger partial charge in [0.2, 0.25) is 0 Å². The predicted molar refractivity (Wildman–Crippen MR) is 68.8 cm³/mol. The molecule has 0 N–H and O–H groups in total. The van der Waals surface area contributed by atoms with Crippen LogP contribution in [0.4, 0.5) is 0 Å². The molecule has 86 valence electrons. The van der Waals surface area contributed by atoms with Gasteiger partial charge in [-0.15, -0.1) is 0 Å². The lowest BCUT2D eigenvalue weighted by Gasteiger charge is -2.15. The van der Waals surface area contributed by atoms with E-state index in [0.717, 1.165) is 6.42 Å². The molecule has 0 aromatic heterocycles. The van der Waals surface area contributed by atoms with Gasteiger partial charge >= 0.3 is 0 Å². The Labute approximate surface area is 105 Å². The number of aryl methyl sites for hydroxylation is 1. The molecule has 0 spiro atoms. The number of fused-ring (bicyclic) bond motifs is 2. The summed E-state index contributed by atoms with van der Waals surface area (Å²) >= 11 is 3.81. The van der Waals surface area contributed by atoms with Crippen LogP contribution in [0, 0.1) is 5.92 Å². The Hall–Kier alpha value is -0.340. The molecule has 3 rings (SSSR count). The van der Waals surface area contributed by atoms with Gasteiger partial charge in [0.25, 0.3) is 0 Å². The Morgan fingerprint density at radius 2 is 2.12 bits per heavy atom. The molecule has 1 aromatic carbocycles. The molecule has 0 saturated carbocycles. The first kappa shape index (κ1) is 10.8. The van der Waals surface area contributed by atoms with E-state index in [-0.39, 0.29) is 0 Å². The molecule has 0 amide bonds. The molecule has 0 unspecified atom stereocenters. The summed E-state index contributed by atoms with van der Waals surface area (Å²) in [5.74, 6) is 0.610. The topological polar surface area (TPSA) is 9.23 Å². The summed E-state index contributed by atoms with van der Waals surface area (Å²) in [4.78, 5) is 0. The summed E-state index contributed by atoms with van der Waals surface area (Å²) in [5, 5.41) is 0. The van der Waals surface area contributed by atoms with Gasteiger partial charge in [0.05, 0.1) is 6.10 Å². The minimum atomic E-state index is 0.303. The average Bonchev–Trinajstić information content (AvgIpc) is 2.83. The molecule has 2 aliphatic rings. The summed E-state index contributed by atoms with van der Waals surface area (Å²) in [6, 6.07) is 2.40. The Morgan fingerprint density at radius 3 is 2.88 bits per heavy atom. The predicted octanol–water partition coefficient (Wildman–Crippen LogP) is 3.82. The number of ether oxygens (including phenoxy) is 1. The zero-order valence-electron chi connectivity index (χ0n) is 9.85. The Bertz CT molecular complexity index is 439. The van der Waals surface area contributed by atoms with E-state index in [1.54, 1.807) is 11.1 Å². The molecule has 1 nitrogen and oxygen atoms in total. The number of hydrogen-bond acceptors (Lipinski definition) is 1. The highest BCUT2D eigenvalue weighted by molar-refractivity contribution is 9.10. The normalized spacial score (nSPS) is 26.9. The van der Waals surface area contributed by atoms with Crippen molar-refractivity contribution in [1.29, 1.82) is 0 Å². The van der Waals surface area contributed by atoms with E-state index in [0.29, 0.717) is 12.0 Å². The maximum Gasteiger partial charge on any atom is 0.0852 e. The Morgan fingerprint density at radius 1 is 1.31 bits per heavy atom. The van der Waals surface area contributed by atoms with Crippen molar-refractivity contribution in [2.75, 3.05) is 7.11 Å². The van der Waals surface area contributed by atoms with E-state index in [2.05, 4.69) is 28.9 Å². The first-order chi connectivity index (χ1) is 7.72. The van der Waals surface area contributed by atoms with Crippen molar-refractivity contribution in [3.05, 3.63) is 32.8 Å². The van der Waals surface area contributed by atoms with E-state index in [9.17, 15) is 0 Å². The first-order valence-corrected chi connectivity index (χ1v) is 6.87. The molecule has 2 aliphatic carbocycles. The van der Waals surface area contributed by atoms with Crippen molar-refractivity contribution < 1.29 is 4.74 Å². The number of benzene rings is 1. The maximum atomic E-state index is 5.64. The van der Waals surface area contributed by atoms with Gasteiger partial charge in [-0.2, -0.15) is 0 Å². The molecule has 0 heterocycles. The number of methoxy groups -OCH3 is 1. The molecule has 0 fully saturated rings. The second kappa shape index (κ2) is 3.85. The Kier molecular flexibility index (Phi) is 2.60. The van der Waals surface area contributed by atoms with Crippen LogP contribution in [-0.4, -0.2) is 7.11 Å². The molecular weight excluding hydrogens is 264 g/mol. The molecule has 0 aliphatic heterocycles. The van der Waals surface area contributed by atoms with Gasteiger partial charge in [-0.3, -0.25) is 0 Å². The molecule has 2 heteroatoms. The fourth-order valence-corrected chi connectivity index (χ4v) is 4.16. The third kappa shape index (κ3) is 1.39. The van der Waals surface area contributed by atoms with Crippen LogP contribution in [0.1, 0.15) is 41.7 Å². The zero-order chi connectivity index (χ0) is 11.3. The van der Waals surface area contributed by atoms with Gasteiger partial charge in [-0.1, -0.05) is 28.9 Å². The van der Waals surface area contributed by atoms with E-state index >= 15 is 0 Å². The maximum absolute atomic E-state index is 5.64. The quantitative estimate of drug-likeness (QED) is 0.760. The van der Waals surface area contributed by atoms with Crippen LogP contribution in [0.25, 0.3) is 0 Å². The molecule has 1 aromatic rings. The highest BCUT2D eigenvalue weighted by atomic mass is 79.9. The minimum Gasteiger partial charge on any atom is -0.376 e. The fraction of sp³-hybridized carbons (Fsp3) is 0.571. The van der Waals surface area contributed by atoms with Gasteiger partial charge < -0.3 is 4.74 Å². The van der Waals surface area contributed by atoms with Gasteiger partial charge in [-0.25, -0.2) is 0 Å². The van der Waals surface area contributed by atoms with Crippen LogP contribution >= 0.6 is 15.9 Å². The lowest BCUT2D eigenvalue weighted by Crippen LogP contribution is -2.05. The highest BCUT2D eigenvalue weighted by Crippen LogP contribution is 2.45. The van der Waals surface area contributed by atoms with Crippen molar-refractivity contribution >= 4 is 15.9 Å². The molecule has 0 radical (unpaired) electrons. The lowest BCUT2D eigenvalue weighted by atomic mass is 10.0. The molecule has 0 bridgehead atoms. The third-order valence-electron chi connectivity index (χ3n) is 4.07. The summed E-state index contributed by atoms with van der Waals surface area (Å²) < 4.78 is 7.02. The van der Waals surface area contributed by atoms with E-state index < -0.39 is 0 Å². The third-order valence-corrected chi connectivity index (χ3v) is 5.03. The van der Waals surface area contributed by atoms with Crippen LogP contribution in [0.5, 0.6) is 0 Å². The van der Waals surface area contributed by atoms with Crippen LogP contribution in [0.3, 0.4) is 0 Å². The van der Waals surface area contributed by atoms with Gasteiger partial charge in [0, 0.05) is 11.6 Å². The second-order valence-electron chi connectivity index (χ2n) is 5.09. The number of rotatable bonds is 1. The smallest absolute Gasteiger partial charge is 0.0852 e. The lowest BCUT2D eigenvalue weighted by molar-refractivity contribution is 0.0695. The highest BCUT2D eigenvalue weighted by Gasteiger charge is 2.33. The van der Waals surface area contributed by atoms with E-state index in [1.807, 2.05) is 7.11 Å². The average molecular weight is 281 g/mol. The van der Waals surface area contributed by atoms with E-state index in [4.69, 9.17) is 4.74 Å². The van der Waals surface area contributed by atoms with Crippen LogP contribution in [-0.2, 0) is 24.0 Å². The first-order valence-electron chi connectivity index (χ1n) is 6.08. The Balaban J connectivity index is 2.17. The van der Waals surface area contributed by atoms with Crippen LogP contribution in [0.15, 0.2) is 10.5 Å². The van der Waals surface area contributed by atoms with Crippen molar-refractivity contribution in [2.24, 2.45) is 5.92 Å². The SMILES string of the molecule is CO[C@H]1c2cc3c(c(Br)c2C[C@H]1C)CCC3. The molecule has 2 atom stereocenters. The minimum absolute atomic E-state index is 0.303. The van der Waals surface area contributed by atoms with Crippen LogP contribution < -0.4 is 0 Å². The van der Waals surface area contributed by atoms with Gasteiger partial charge in [0.1, 0.15) is 0 Å². The van der Waals surface area contributed by atoms with Gasteiger partial charge in [-0.05, 0) is 53.9 Å². The molecular formula is C14H17BrO. The number of hydrogen-bond donors (Lipinski definition) is 0. The standard InChI is InChI=1S/C14H17BrO/c1-8-6-11-12(14(8)16-2)7-9-4-3-5-10(9)13(11)15/h7-8,14H,3-6H2,1-2H3/t8-,14-/m1/s1. The van der Waals surface area contributed by atoms with Gasteiger partial charge in [0.15, 0.2) is 0 Å². The monoisotopic (exact) mass is 280 g/mol. The van der Waals surface area contributed by atoms with Crippen molar-refractivity contribution in [1.82, 2.24) is 0 Å². The number of halogens is 1. The molecule has 16 heavy (non-hydrogen) atoms. The largest absolute Gasteiger partial charge is 0.376 e. The van der Waals surface area contributed by atoms with E-state index in [1.165, 1.54) is 34.9 Å². The summed E-state index contributed by atoms with van der Waals surface area (Å²) in [7, 11) is 1.83. The summed E-state index contributed by atoms with van der Waals surface area (Å²) in [5.41, 5.74) is 6.03. The second-order valence-corrected chi connectivity index (χ2v) is 5.88. The summed E-state index contributed by atoms with van der Waals surface area (Å²) in [6.07, 6.45) is 5.25. The van der Waals surface area contributed by atoms with Crippen molar-refractivity contribution in [3.8, 4) is 0 Å². The fourth-order valence-electron chi connectivity index (χ4n) is 3.32. The molecule has 0 saturated heterocycles. The zero-order valence-corrected chi connectivity index (χ0v) is 11.4. The van der Waals surface area contributed by atoms with Crippen molar-refractivity contribution in [2.45, 2.75) is 38.7 Å².